The Kier molecular flexibility index (Phi) is 5.92. The van der Waals surface area contributed by atoms with Gasteiger partial charge in [0.1, 0.15) is 10.6 Å². The van der Waals surface area contributed by atoms with Crippen LogP contribution in [0.15, 0.2) is 29.6 Å². The molecule has 2 aromatic heterocycles. The molecule has 0 aliphatic rings. The minimum absolute atomic E-state index is 0.328. The minimum Gasteiger partial charge on any atom is -0.356 e. The third kappa shape index (κ3) is 3.80. The van der Waals surface area contributed by atoms with Crippen LogP contribution >= 0.6 is 22.9 Å². The van der Waals surface area contributed by atoms with Crippen LogP contribution in [0.3, 0.4) is 0 Å². The maximum Gasteiger partial charge on any atom is 0.225 e. The van der Waals surface area contributed by atoms with E-state index < -0.39 is 0 Å². The zero-order valence-corrected chi connectivity index (χ0v) is 16.6. The molecule has 1 aromatic carbocycles. The van der Waals surface area contributed by atoms with Gasteiger partial charge in [-0.15, -0.1) is 11.3 Å². The molecule has 0 radical (unpaired) electrons. The highest BCUT2D eigenvalue weighted by molar-refractivity contribution is 7.17. The summed E-state index contributed by atoms with van der Waals surface area (Å²) >= 11 is 7.86. The van der Waals surface area contributed by atoms with Gasteiger partial charge in [0, 0.05) is 24.0 Å². The molecular weight excluding hydrogens is 350 g/mol. The lowest BCUT2D eigenvalue weighted by Crippen LogP contribution is -2.26. The minimum atomic E-state index is 0.328. The predicted molar refractivity (Wildman–Crippen MR) is 110 cm³/mol. The van der Waals surface area contributed by atoms with Gasteiger partial charge >= 0.3 is 0 Å². The third-order valence-corrected chi connectivity index (χ3v) is 5.39. The van der Waals surface area contributed by atoms with Gasteiger partial charge in [0.2, 0.25) is 5.28 Å². The Morgan fingerprint density at radius 1 is 1.00 bits per heavy atom. The monoisotopic (exact) mass is 373 g/mol. The van der Waals surface area contributed by atoms with E-state index in [0.717, 1.165) is 48.4 Å². The largest absolute Gasteiger partial charge is 0.356 e. The summed E-state index contributed by atoms with van der Waals surface area (Å²) in [6.45, 7) is 8.51. The van der Waals surface area contributed by atoms with Gasteiger partial charge in [0.15, 0.2) is 0 Å². The van der Waals surface area contributed by atoms with Gasteiger partial charge < -0.3 is 4.90 Å². The van der Waals surface area contributed by atoms with Crippen LogP contribution in [-0.2, 0) is 6.42 Å². The molecular formula is C20H24ClN3S. The standard InChI is InChI=1S/C20H24ClN3S/c1-4-11-24(12-5-2)18-17-16(13-25-19(17)23-20(21)22-18)15-9-7-14(6-3)8-10-15/h7-10,13H,4-6,11-12H2,1-3H3. The molecule has 5 heteroatoms. The van der Waals surface area contributed by atoms with Gasteiger partial charge in [0.25, 0.3) is 0 Å². The highest BCUT2D eigenvalue weighted by Gasteiger charge is 2.18. The fraction of sp³-hybridized carbons (Fsp3) is 0.400. The van der Waals surface area contributed by atoms with E-state index in [2.05, 4.69) is 65.3 Å². The Balaban J connectivity index is 2.16. The van der Waals surface area contributed by atoms with E-state index in [0.29, 0.717) is 5.28 Å². The third-order valence-electron chi connectivity index (χ3n) is 4.35. The summed E-state index contributed by atoms with van der Waals surface area (Å²) in [7, 11) is 0. The molecule has 0 amide bonds. The molecule has 2 heterocycles. The van der Waals surface area contributed by atoms with Gasteiger partial charge in [-0.2, -0.15) is 4.98 Å². The van der Waals surface area contributed by atoms with E-state index in [4.69, 9.17) is 11.6 Å². The second kappa shape index (κ2) is 8.15. The summed E-state index contributed by atoms with van der Waals surface area (Å²) in [5.41, 5.74) is 3.76. The molecule has 0 aliphatic carbocycles. The molecule has 0 spiro atoms. The Hall–Kier alpha value is -1.65. The molecule has 3 nitrogen and oxygen atoms in total. The fourth-order valence-corrected chi connectivity index (χ4v) is 4.28. The summed E-state index contributed by atoms with van der Waals surface area (Å²) in [6.07, 6.45) is 3.21. The quantitative estimate of drug-likeness (QED) is 0.461. The van der Waals surface area contributed by atoms with E-state index in [1.54, 1.807) is 11.3 Å². The lowest BCUT2D eigenvalue weighted by Gasteiger charge is -2.23. The summed E-state index contributed by atoms with van der Waals surface area (Å²) in [5.74, 6) is 0.967. The van der Waals surface area contributed by atoms with Crippen LogP contribution in [0, 0.1) is 0 Å². The van der Waals surface area contributed by atoms with Crippen LogP contribution in [0.4, 0.5) is 5.82 Å². The first-order valence-corrected chi connectivity index (χ1v) is 10.2. The molecule has 0 fully saturated rings. The van der Waals surface area contributed by atoms with E-state index in [9.17, 15) is 0 Å². The normalized spacial score (nSPS) is 11.2. The maximum atomic E-state index is 6.22. The van der Waals surface area contributed by atoms with Crippen molar-refractivity contribution in [3.8, 4) is 11.1 Å². The van der Waals surface area contributed by atoms with Gasteiger partial charge in [-0.25, -0.2) is 4.98 Å². The summed E-state index contributed by atoms with van der Waals surface area (Å²) in [6, 6.07) is 8.79. The predicted octanol–water partition coefficient (Wildman–Crippen LogP) is 6.20. The number of hydrogen-bond donors (Lipinski definition) is 0. The molecule has 25 heavy (non-hydrogen) atoms. The number of rotatable bonds is 7. The van der Waals surface area contributed by atoms with E-state index >= 15 is 0 Å². The molecule has 0 aliphatic heterocycles. The Morgan fingerprint density at radius 3 is 2.28 bits per heavy atom. The van der Waals surface area contributed by atoms with Gasteiger partial charge in [-0.1, -0.05) is 45.0 Å². The van der Waals surface area contributed by atoms with Crippen molar-refractivity contribution in [3.05, 3.63) is 40.5 Å². The van der Waals surface area contributed by atoms with Crippen molar-refractivity contribution in [2.45, 2.75) is 40.0 Å². The van der Waals surface area contributed by atoms with Crippen molar-refractivity contribution < 1.29 is 0 Å². The van der Waals surface area contributed by atoms with Crippen molar-refractivity contribution in [1.82, 2.24) is 9.97 Å². The fourth-order valence-electron chi connectivity index (χ4n) is 3.12. The molecule has 0 unspecified atom stereocenters. The number of benzene rings is 1. The Bertz CT molecular complexity index is 836. The van der Waals surface area contributed by atoms with Crippen LogP contribution < -0.4 is 4.90 Å². The summed E-state index contributed by atoms with van der Waals surface area (Å²) in [5, 5.41) is 3.63. The highest BCUT2D eigenvalue weighted by Crippen LogP contribution is 2.39. The first-order chi connectivity index (χ1) is 12.2. The SMILES string of the molecule is CCCN(CCC)c1nc(Cl)nc2scc(-c3ccc(CC)cc3)c12. The lowest BCUT2D eigenvalue weighted by atomic mass is 10.0. The molecule has 3 rings (SSSR count). The zero-order valence-electron chi connectivity index (χ0n) is 15.1. The van der Waals surface area contributed by atoms with Crippen LogP contribution in [-0.4, -0.2) is 23.1 Å². The van der Waals surface area contributed by atoms with Crippen molar-refractivity contribution in [3.63, 3.8) is 0 Å². The summed E-state index contributed by atoms with van der Waals surface area (Å²) < 4.78 is 0. The van der Waals surface area contributed by atoms with E-state index in [1.165, 1.54) is 16.7 Å². The lowest BCUT2D eigenvalue weighted by molar-refractivity contribution is 0.736. The molecule has 132 valence electrons. The highest BCUT2D eigenvalue weighted by atomic mass is 35.5. The second-order valence-corrected chi connectivity index (χ2v) is 7.38. The molecule has 0 atom stereocenters. The first kappa shape index (κ1) is 18.2. The van der Waals surface area contributed by atoms with Crippen molar-refractivity contribution in [2.75, 3.05) is 18.0 Å². The van der Waals surface area contributed by atoms with Crippen LogP contribution in [0.1, 0.15) is 39.2 Å². The first-order valence-electron chi connectivity index (χ1n) is 8.96. The molecule has 0 bridgehead atoms. The van der Waals surface area contributed by atoms with Gasteiger partial charge in [0.05, 0.1) is 5.39 Å². The van der Waals surface area contributed by atoms with Crippen LogP contribution in [0.2, 0.25) is 5.28 Å². The molecule has 3 aromatic rings. The Morgan fingerprint density at radius 2 is 1.68 bits per heavy atom. The zero-order chi connectivity index (χ0) is 17.8. The van der Waals surface area contributed by atoms with Crippen molar-refractivity contribution in [1.29, 1.82) is 0 Å². The number of nitrogens with zero attached hydrogens (tertiary/aromatic N) is 3. The number of fused-ring (bicyclic) bond motifs is 1. The molecule has 0 saturated carbocycles. The van der Waals surface area contributed by atoms with Crippen LogP contribution in [0.5, 0.6) is 0 Å². The molecule has 0 saturated heterocycles. The van der Waals surface area contributed by atoms with Gasteiger partial charge in [-0.05, 0) is 42.0 Å². The maximum absolute atomic E-state index is 6.22. The van der Waals surface area contributed by atoms with E-state index in [-0.39, 0.29) is 0 Å². The number of thiophene rings is 1. The number of halogens is 1. The summed E-state index contributed by atoms with van der Waals surface area (Å²) in [4.78, 5) is 12.4. The average Bonchev–Trinajstić information content (AvgIpc) is 3.04. The van der Waals surface area contributed by atoms with Crippen molar-refractivity contribution in [2.24, 2.45) is 0 Å². The number of hydrogen-bond acceptors (Lipinski definition) is 4. The van der Waals surface area contributed by atoms with E-state index in [1.807, 2.05) is 0 Å². The second-order valence-electron chi connectivity index (χ2n) is 6.18. The van der Waals surface area contributed by atoms with Crippen molar-refractivity contribution >= 4 is 39.0 Å². The number of aromatic nitrogens is 2. The topological polar surface area (TPSA) is 29.0 Å². The number of anilines is 1. The molecule has 0 N–H and O–H groups in total. The Labute approximate surface area is 158 Å². The number of aryl methyl sites for hydroxylation is 1. The smallest absolute Gasteiger partial charge is 0.225 e. The van der Waals surface area contributed by atoms with Crippen LogP contribution in [0.25, 0.3) is 21.3 Å². The average molecular weight is 374 g/mol. The van der Waals surface area contributed by atoms with Gasteiger partial charge in [-0.3, -0.25) is 0 Å².